The quantitative estimate of drug-likeness (QED) is 0.870. The molecule has 1 saturated heterocycles. The number of hydrogen-bond donors (Lipinski definition) is 1. The van der Waals surface area contributed by atoms with E-state index in [2.05, 4.69) is 16.8 Å². The number of aromatic nitrogens is 1. The van der Waals surface area contributed by atoms with Crippen molar-refractivity contribution < 1.29 is 4.39 Å². The van der Waals surface area contributed by atoms with Crippen molar-refractivity contribution in [3.63, 3.8) is 0 Å². The minimum absolute atomic E-state index is 0.0912. The van der Waals surface area contributed by atoms with Crippen LogP contribution in [0.25, 0.3) is 0 Å². The molecule has 0 amide bonds. The fourth-order valence-electron chi connectivity index (χ4n) is 2.31. The molecule has 0 aliphatic carbocycles. The van der Waals surface area contributed by atoms with Gasteiger partial charge in [-0.3, -0.25) is 4.98 Å². The lowest BCUT2D eigenvalue weighted by Gasteiger charge is -2.18. The van der Waals surface area contributed by atoms with Crippen LogP contribution in [0.5, 0.6) is 0 Å². The third kappa shape index (κ3) is 3.48. The molecule has 0 aromatic carbocycles. The van der Waals surface area contributed by atoms with Crippen LogP contribution in [-0.4, -0.2) is 29.5 Å². The van der Waals surface area contributed by atoms with Crippen molar-refractivity contribution in [1.82, 2.24) is 9.88 Å². The van der Waals surface area contributed by atoms with E-state index in [9.17, 15) is 4.39 Å². The summed E-state index contributed by atoms with van der Waals surface area (Å²) in [7, 11) is 0. The monoisotopic (exact) mass is 237 g/mol. The summed E-state index contributed by atoms with van der Waals surface area (Å²) in [6.45, 7) is 5.63. The van der Waals surface area contributed by atoms with Crippen molar-refractivity contribution in [2.45, 2.75) is 25.8 Å². The highest BCUT2D eigenvalue weighted by Gasteiger charge is 2.19. The third-order valence-corrected chi connectivity index (χ3v) is 3.39. The summed E-state index contributed by atoms with van der Waals surface area (Å²) in [5.41, 5.74) is 6.82. The summed E-state index contributed by atoms with van der Waals surface area (Å²) >= 11 is 0. The molecule has 1 fully saturated rings. The van der Waals surface area contributed by atoms with Crippen molar-refractivity contribution in [2.75, 3.05) is 19.6 Å². The second-order valence-corrected chi connectivity index (χ2v) is 4.99. The molecule has 0 saturated carbocycles. The molecule has 4 heteroatoms. The molecule has 2 unspecified atom stereocenters. The maximum absolute atomic E-state index is 12.7. The Kier molecular flexibility index (Phi) is 4.07. The molecule has 1 aromatic heterocycles. The molecular weight excluding hydrogens is 217 g/mol. The molecule has 2 atom stereocenters. The van der Waals surface area contributed by atoms with Crippen LogP contribution in [0, 0.1) is 11.7 Å². The van der Waals surface area contributed by atoms with E-state index in [0.29, 0.717) is 0 Å². The lowest BCUT2D eigenvalue weighted by atomic mass is 10.1. The first kappa shape index (κ1) is 12.5. The van der Waals surface area contributed by atoms with E-state index in [1.807, 2.05) is 0 Å². The standard InChI is InChI=1S/C13H20FN3/c1-10-4-6-17(9-10)7-5-12(15)13-3-2-11(14)8-16-13/h2-3,8,10,12H,4-7,9,15H2,1H3. The van der Waals surface area contributed by atoms with Gasteiger partial charge in [0.25, 0.3) is 0 Å². The van der Waals surface area contributed by atoms with Gasteiger partial charge in [-0.25, -0.2) is 4.39 Å². The topological polar surface area (TPSA) is 42.1 Å². The van der Waals surface area contributed by atoms with Crippen LogP contribution < -0.4 is 5.73 Å². The number of pyridine rings is 1. The SMILES string of the molecule is CC1CCN(CCC(N)c2ccc(F)cn2)C1. The molecule has 0 spiro atoms. The van der Waals surface area contributed by atoms with Gasteiger partial charge in [-0.15, -0.1) is 0 Å². The maximum Gasteiger partial charge on any atom is 0.141 e. The fourth-order valence-corrected chi connectivity index (χ4v) is 2.31. The van der Waals surface area contributed by atoms with Crippen molar-refractivity contribution >= 4 is 0 Å². The molecular formula is C13H20FN3. The molecule has 2 N–H and O–H groups in total. The second kappa shape index (κ2) is 5.56. The molecule has 94 valence electrons. The predicted octanol–water partition coefficient (Wildman–Crippen LogP) is 1.95. The van der Waals surface area contributed by atoms with Crippen LogP contribution in [0.15, 0.2) is 18.3 Å². The molecule has 17 heavy (non-hydrogen) atoms. The Labute approximate surface area is 102 Å². The summed E-state index contributed by atoms with van der Waals surface area (Å²) in [4.78, 5) is 6.46. The summed E-state index contributed by atoms with van der Waals surface area (Å²) in [5.74, 6) is 0.490. The number of hydrogen-bond acceptors (Lipinski definition) is 3. The first-order chi connectivity index (χ1) is 8.15. The number of likely N-dealkylation sites (tertiary alicyclic amines) is 1. The average molecular weight is 237 g/mol. The van der Waals surface area contributed by atoms with Gasteiger partial charge in [0.15, 0.2) is 0 Å². The smallest absolute Gasteiger partial charge is 0.141 e. The molecule has 3 nitrogen and oxygen atoms in total. The summed E-state index contributed by atoms with van der Waals surface area (Å²) < 4.78 is 12.7. The molecule has 1 aliphatic heterocycles. The molecule has 0 radical (unpaired) electrons. The predicted molar refractivity (Wildman–Crippen MR) is 66.0 cm³/mol. The fraction of sp³-hybridized carbons (Fsp3) is 0.615. The second-order valence-electron chi connectivity index (χ2n) is 4.99. The van der Waals surface area contributed by atoms with Gasteiger partial charge in [0, 0.05) is 19.1 Å². The first-order valence-corrected chi connectivity index (χ1v) is 6.24. The Morgan fingerprint density at radius 2 is 2.41 bits per heavy atom. The molecule has 2 rings (SSSR count). The van der Waals surface area contributed by atoms with Gasteiger partial charge in [0.2, 0.25) is 0 Å². The molecule has 0 bridgehead atoms. The van der Waals surface area contributed by atoms with Crippen LogP contribution in [0.1, 0.15) is 31.5 Å². The Hall–Kier alpha value is -1.00. The van der Waals surface area contributed by atoms with E-state index in [-0.39, 0.29) is 11.9 Å². The van der Waals surface area contributed by atoms with E-state index in [4.69, 9.17) is 5.73 Å². The number of halogens is 1. The Balaban J connectivity index is 1.81. The minimum Gasteiger partial charge on any atom is -0.323 e. The van der Waals surface area contributed by atoms with Gasteiger partial charge < -0.3 is 10.6 Å². The van der Waals surface area contributed by atoms with Crippen LogP contribution in [0.3, 0.4) is 0 Å². The van der Waals surface area contributed by atoms with Gasteiger partial charge in [-0.05, 0) is 37.4 Å². The highest BCUT2D eigenvalue weighted by Crippen LogP contribution is 2.18. The van der Waals surface area contributed by atoms with Gasteiger partial charge in [0.1, 0.15) is 5.82 Å². The minimum atomic E-state index is -0.311. The maximum atomic E-state index is 12.7. The van der Waals surface area contributed by atoms with Gasteiger partial charge >= 0.3 is 0 Å². The average Bonchev–Trinajstić information content (AvgIpc) is 2.73. The number of rotatable bonds is 4. The molecule has 2 heterocycles. The van der Waals surface area contributed by atoms with E-state index in [0.717, 1.165) is 24.6 Å². The van der Waals surface area contributed by atoms with E-state index < -0.39 is 0 Å². The largest absolute Gasteiger partial charge is 0.323 e. The van der Waals surface area contributed by atoms with Crippen molar-refractivity contribution in [3.05, 3.63) is 29.8 Å². The third-order valence-electron chi connectivity index (χ3n) is 3.39. The van der Waals surface area contributed by atoms with Crippen molar-refractivity contribution in [1.29, 1.82) is 0 Å². The van der Waals surface area contributed by atoms with Crippen LogP contribution in [-0.2, 0) is 0 Å². The van der Waals surface area contributed by atoms with Crippen LogP contribution >= 0.6 is 0 Å². The van der Waals surface area contributed by atoms with E-state index >= 15 is 0 Å². The zero-order valence-electron chi connectivity index (χ0n) is 10.3. The van der Waals surface area contributed by atoms with Crippen LogP contribution in [0.2, 0.25) is 0 Å². The lowest BCUT2D eigenvalue weighted by molar-refractivity contribution is 0.312. The normalized spacial score (nSPS) is 22.9. The Bertz CT molecular complexity index is 352. The van der Waals surface area contributed by atoms with Crippen LogP contribution in [0.4, 0.5) is 4.39 Å². The summed E-state index contributed by atoms with van der Waals surface area (Å²) in [6, 6.07) is 3.00. The van der Waals surface area contributed by atoms with E-state index in [1.165, 1.54) is 31.8 Å². The van der Waals surface area contributed by atoms with Gasteiger partial charge in [0.05, 0.1) is 11.9 Å². The summed E-state index contributed by atoms with van der Waals surface area (Å²) in [6.07, 6.45) is 3.39. The summed E-state index contributed by atoms with van der Waals surface area (Å²) in [5, 5.41) is 0. The van der Waals surface area contributed by atoms with Crippen molar-refractivity contribution in [2.24, 2.45) is 11.7 Å². The van der Waals surface area contributed by atoms with Gasteiger partial charge in [-0.1, -0.05) is 6.92 Å². The Morgan fingerprint density at radius 1 is 1.59 bits per heavy atom. The highest BCUT2D eigenvalue weighted by molar-refractivity contribution is 5.09. The zero-order valence-corrected chi connectivity index (χ0v) is 10.3. The zero-order chi connectivity index (χ0) is 12.3. The molecule has 1 aromatic rings. The van der Waals surface area contributed by atoms with Gasteiger partial charge in [-0.2, -0.15) is 0 Å². The van der Waals surface area contributed by atoms with Crippen molar-refractivity contribution in [3.8, 4) is 0 Å². The lowest BCUT2D eigenvalue weighted by Crippen LogP contribution is -2.25. The molecule has 1 aliphatic rings. The Morgan fingerprint density at radius 3 is 3.00 bits per heavy atom. The first-order valence-electron chi connectivity index (χ1n) is 6.24. The highest BCUT2D eigenvalue weighted by atomic mass is 19.1. The van der Waals surface area contributed by atoms with E-state index in [1.54, 1.807) is 6.07 Å². The number of nitrogens with zero attached hydrogens (tertiary/aromatic N) is 2. The number of nitrogens with two attached hydrogens (primary N) is 1.